The van der Waals surface area contributed by atoms with Gasteiger partial charge in [0.1, 0.15) is 0 Å². The highest BCUT2D eigenvalue weighted by Gasteiger charge is 2.15. The van der Waals surface area contributed by atoms with Crippen molar-refractivity contribution in [3.63, 3.8) is 0 Å². The first-order chi connectivity index (χ1) is 9.06. The molecule has 1 N–H and O–H groups in total. The Bertz CT molecular complexity index is 521. The van der Waals surface area contributed by atoms with Crippen molar-refractivity contribution in [3.05, 3.63) is 55.6 Å². The highest BCUT2D eigenvalue weighted by atomic mass is 79.9. The van der Waals surface area contributed by atoms with E-state index in [-0.39, 0.29) is 0 Å². The summed E-state index contributed by atoms with van der Waals surface area (Å²) in [5.74, 6) is 0.531. The molecular formula is C15H17BrClNS. The van der Waals surface area contributed by atoms with Crippen molar-refractivity contribution in [1.29, 1.82) is 0 Å². The summed E-state index contributed by atoms with van der Waals surface area (Å²) >= 11 is 11.2. The standard InChI is InChI=1S/C15H17BrClNS/c1-10(2)15(12-3-5-13(17)6-4-12)18-8-11-7-14(16)19-9-11/h3-7,9-10,15,18H,8H2,1-2H3. The second kappa shape index (κ2) is 6.89. The van der Waals surface area contributed by atoms with E-state index in [9.17, 15) is 0 Å². The molecule has 1 aromatic heterocycles. The van der Waals surface area contributed by atoms with E-state index in [1.165, 1.54) is 14.9 Å². The topological polar surface area (TPSA) is 12.0 Å². The van der Waals surface area contributed by atoms with E-state index in [0.29, 0.717) is 12.0 Å². The monoisotopic (exact) mass is 357 g/mol. The molecule has 0 saturated heterocycles. The second-order valence-electron chi connectivity index (χ2n) is 4.91. The van der Waals surface area contributed by atoms with E-state index >= 15 is 0 Å². The van der Waals surface area contributed by atoms with Crippen LogP contribution in [0.25, 0.3) is 0 Å². The number of halogens is 2. The predicted molar refractivity (Wildman–Crippen MR) is 87.9 cm³/mol. The zero-order chi connectivity index (χ0) is 13.8. The first-order valence-electron chi connectivity index (χ1n) is 6.28. The van der Waals surface area contributed by atoms with Crippen LogP contribution in [0.3, 0.4) is 0 Å². The lowest BCUT2D eigenvalue weighted by Crippen LogP contribution is -2.25. The molecule has 0 aliphatic carbocycles. The molecule has 1 aromatic carbocycles. The largest absolute Gasteiger partial charge is 0.306 e. The van der Waals surface area contributed by atoms with Crippen molar-refractivity contribution in [1.82, 2.24) is 5.32 Å². The van der Waals surface area contributed by atoms with E-state index in [1.54, 1.807) is 11.3 Å². The van der Waals surface area contributed by atoms with Gasteiger partial charge in [-0.2, -0.15) is 0 Å². The second-order valence-corrected chi connectivity index (χ2v) is 7.64. The molecule has 0 bridgehead atoms. The summed E-state index contributed by atoms with van der Waals surface area (Å²) < 4.78 is 1.18. The Morgan fingerprint density at radius 2 is 1.95 bits per heavy atom. The van der Waals surface area contributed by atoms with Gasteiger partial charge in [0.25, 0.3) is 0 Å². The van der Waals surface area contributed by atoms with Gasteiger partial charge < -0.3 is 5.32 Å². The zero-order valence-corrected chi connectivity index (χ0v) is 14.1. The van der Waals surface area contributed by atoms with Gasteiger partial charge in [0, 0.05) is 17.6 Å². The van der Waals surface area contributed by atoms with Gasteiger partial charge in [-0.3, -0.25) is 0 Å². The van der Waals surface area contributed by atoms with Crippen LogP contribution in [0.2, 0.25) is 5.02 Å². The Hall–Kier alpha value is -0.350. The molecular weight excluding hydrogens is 342 g/mol. The zero-order valence-electron chi connectivity index (χ0n) is 11.0. The van der Waals surface area contributed by atoms with Gasteiger partial charge in [0.2, 0.25) is 0 Å². The average Bonchev–Trinajstić information content (AvgIpc) is 2.77. The molecule has 1 nitrogen and oxygen atoms in total. The van der Waals surface area contributed by atoms with E-state index in [0.717, 1.165) is 11.6 Å². The molecule has 2 aromatic rings. The van der Waals surface area contributed by atoms with Gasteiger partial charge in [-0.05, 0) is 56.6 Å². The van der Waals surface area contributed by atoms with E-state index in [1.807, 2.05) is 12.1 Å². The SMILES string of the molecule is CC(C)C(NCc1csc(Br)c1)c1ccc(Cl)cc1. The number of hydrogen-bond acceptors (Lipinski definition) is 2. The number of nitrogens with one attached hydrogen (secondary N) is 1. The lowest BCUT2D eigenvalue weighted by atomic mass is 9.96. The highest BCUT2D eigenvalue weighted by molar-refractivity contribution is 9.11. The number of hydrogen-bond donors (Lipinski definition) is 1. The molecule has 2 rings (SSSR count). The maximum absolute atomic E-state index is 5.95. The van der Waals surface area contributed by atoms with Crippen LogP contribution in [-0.4, -0.2) is 0 Å². The van der Waals surface area contributed by atoms with Crippen molar-refractivity contribution < 1.29 is 0 Å². The summed E-state index contributed by atoms with van der Waals surface area (Å²) in [4.78, 5) is 0. The molecule has 4 heteroatoms. The van der Waals surface area contributed by atoms with E-state index in [4.69, 9.17) is 11.6 Å². The number of benzene rings is 1. The Morgan fingerprint density at radius 3 is 2.47 bits per heavy atom. The quantitative estimate of drug-likeness (QED) is 0.728. The fourth-order valence-electron chi connectivity index (χ4n) is 2.07. The van der Waals surface area contributed by atoms with Crippen molar-refractivity contribution in [2.24, 2.45) is 5.92 Å². The van der Waals surface area contributed by atoms with Crippen LogP contribution in [0.1, 0.15) is 31.0 Å². The minimum atomic E-state index is 0.343. The minimum absolute atomic E-state index is 0.343. The van der Waals surface area contributed by atoms with Crippen LogP contribution in [0.15, 0.2) is 39.5 Å². The molecule has 0 spiro atoms. The van der Waals surface area contributed by atoms with Crippen molar-refractivity contribution in [2.45, 2.75) is 26.4 Å². The molecule has 19 heavy (non-hydrogen) atoms. The summed E-state index contributed by atoms with van der Waals surface area (Å²) in [6, 6.07) is 10.6. The lowest BCUT2D eigenvalue weighted by Gasteiger charge is -2.23. The van der Waals surface area contributed by atoms with Gasteiger partial charge in [-0.1, -0.05) is 37.6 Å². The smallest absolute Gasteiger partial charge is 0.0701 e. The number of rotatable bonds is 5. The Balaban J connectivity index is 2.06. The summed E-state index contributed by atoms with van der Waals surface area (Å²) in [6.07, 6.45) is 0. The average molecular weight is 359 g/mol. The molecule has 0 aliphatic heterocycles. The molecule has 102 valence electrons. The third kappa shape index (κ3) is 4.32. The molecule has 0 aliphatic rings. The molecule has 0 fully saturated rings. The van der Waals surface area contributed by atoms with Crippen LogP contribution < -0.4 is 5.32 Å². The number of thiophene rings is 1. The highest BCUT2D eigenvalue weighted by Crippen LogP contribution is 2.25. The van der Waals surface area contributed by atoms with Crippen LogP contribution in [-0.2, 0) is 6.54 Å². The maximum atomic E-state index is 5.95. The van der Waals surface area contributed by atoms with E-state index < -0.39 is 0 Å². The molecule has 0 amide bonds. The Kier molecular flexibility index (Phi) is 5.46. The molecule has 1 atom stereocenters. The first-order valence-corrected chi connectivity index (χ1v) is 8.33. The summed E-state index contributed by atoms with van der Waals surface area (Å²) in [5.41, 5.74) is 2.60. The van der Waals surface area contributed by atoms with E-state index in [2.05, 4.69) is 58.7 Å². The third-order valence-corrected chi connectivity index (χ3v) is 4.85. The fourth-order valence-corrected chi connectivity index (χ4v) is 3.41. The van der Waals surface area contributed by atoms with Crippen LogP contribution >= 0.6 is 38.9 Å². The van der Waals surface area contributed by atoms with Gasteiger partial charge in [-0.25, -0.2) is 0 Å². The molecule has 0 radical (unpaired) electrons. The van der Waals surface area contributed by atoms with Gasteiger partial charge in [-0.15, -0.1) is 11.3 Å². The Morgan fingerprint density at radius 1 is 1.26 bits per heavy atom. The van der Waals surface area contributed by atoms with Gasteiger partial charge in [0.05, 0.1) is 3.79 Å². The van der Waals surface area contributed by atoms with Crippen LogP contribution in [0.4, 0.5) is 0 Å². The normalized spacial score (nSPS) is 12.9. The van der Waals surface area contributed by atoms with Gasteiger partial charge >= 0.3 is 0 Å². The summed E-state index contributed by atoms with van der Waals surface area (Å²) in [6.45, 7) is 5.35. The summed E-state index contributed by atoms with van der Waals surface area (Å²) in [7, 11) is 0. The molecule has 1 unspecified atom stereocenters. The van der Waals surface area contributed by atoms with Crippen molar-refractivity contribution in [3.8, 4) is 0 Å². The minimum Gasteiger partial charge on any atom is -0.306 e. The third-order valence-electron chi connectivity index (χ3n) is 3.04. The van der Waals surface area contributed by atoms with Gasteiger partial charge in [0.15, 0.2) is 0 Å². The van der Waals surface area contributed by atoms with Crippen molar-refractivity contribution >= 4 is 38.9 Å². The van der Waals surface area contributed by atoms with Crippen molar-refractivity contribution in [2.75, 3.05) is 0 Å². The molecule has 1 heterocycles. The predicted octanol–water partition coefficient (Wildman–Crippen LogP) is 5.65. The van der Waals surface area contributed by atoms with Crippen LogP contribution in [0.5, 0.6) is 0 Å². The maximum Gasteiger partial charge on any atom is 0.0701 e. The summed E-state index contributed by atoms with van der Waals surface area (Å²) in [5, 5.41) is 6.59. The first kappa shape index (κ1) is 15.0. The Labute approximate surface area is 132 Å². The fraction of sp³-hybridized carbons (Fsp3) is 0.333. The van der Waals surface area contributed by atoms with Crippen LogP contribution in [0, 0.1) is 5.92 Å². The lowest BCUT2D eigenvalue weighted by molar-refractivity contribution is 0.411. The molecule has 0 saturated carbocycles.